The second-order valence-corrected chi connectivity index (χ2v) is 7.46. The highest BCUT2D eigenvalue weighted by atomic mass is 16.4. The number of nitrogens with one attached hydrogen (secondary N) is 2. The van der Waals surface area contributed by atoms with E-state index >= 15 is 0 Å². The highest BCUT2D eigenvalue weighted by Crippen LogP contribution is 2.25. The number of anilines is 1. The number of hydrogen-bond acceptors (Lipinski definition) is 9. The van der Waals surface area contributed by atoms with Gasteiger partial charge in [-0.3, -0.25) is 19.4 Å². The maximum Gasteiger partial charge on any atom is 0.326 e. The second kappa shape index (κ2) is 9.00. The minimum Gasteiger partial charge on any atom is -0.481 e. The maximum absolute atomic E-state index is 12.4. The number of amides is 1. The Balaban J connectivity index is 1.83. The summed E-state index contributed by atoms with van der Waals surface area (Å²) in [7, 11) is 0. The topological polar surface area (TPSA) is 227 Å². The van der Waals surface area contributed by atoms with E-state index in [-0.39, 0.29) is 34.8 Å². The first-order chi connectivity index (χ1) is 15.5. The number of nitrogen functional groups attached to an aromatic ring is 1. The first-order valence-corrected chi connectivity index (χ1v) is 9.67. The van der Waals surface area contributed by atoms with Gasteiger partial charge >= 0.3 is 11.9 Å². The molecule has 0 saturated heterocycles. The van der Waals surface area contributed by atoms with Crippen molar-refractivity contribution in [3.05, 3.63) is 57.6 Å². The van der Waals surface area contributed by atoms with Crippen LogP contribution in [0.15, 0.2) is 35.3 Å². The van der Waals surface area contributed by atoms with Crippen molar-refractivity contribution >= 4 is 35.0 Å². The van der Waals surface area contributed by atoms with E-state index in [9.17, 15) is 24.3 Å². The molecule has 1 aromatic carbocycles. The number of benzene rings is 1. The SMILES string of the molecule is CC(N)(c1ccc(C(=O)NC(CCC(=O)O)C(=O)O)cc1)c1cnc2nc(N)[nH]c(=O)c2n1. The fraction of sp³-hybridized carbons (Fsp3) is 0.250. The highest BCUT2D eigenvalue weighted by molar-refractivity contribution is 5.96. The molecule has 0 aliphatic heterocycles. The third kappa shape index (κ3) is 5.10. The summed E-state index contributed by atoms with van der Waals surface area (Å²) in [5, 5.41) is 20.2. The van der Waals surface area contributed by atoms with Gasteiger partial charge in [0.15, 0.2) is 11.2 Å². The molecule has 0 bridgehead atoms. The van der Waals surface area contributed by atoms with Crippen molar-refractivity contribution in [2.75, 3.05) is 5.73 Å². The summed E-state index contributed by atoms with van der Waals surface area (Å²) >= 11 is 0. The molecule has 3 aromatic rings. The molecular formula is C20H21N7O6. The molecule has 0 aliphatic rings. The molecule has 2 atom stereocenters. The molecule has 0 aliphatic carbocycles. The summed E-state index contributed by atoms with van der Waals surface area (Å²) in [4.78, 5) is 61.1. The number of hydrogen-bond donors (Lipinski definition) is 6. The van der Waals surface area contributed by atoms with Crippen molar-refractivity contribution in [1.29, 1.82) is 0 Å². The van der Waals surface area contributed by atoms with Crippen LogP contribution in [0.3, 0.4) is 0 Å². The van der Waals surface area contributed by atoms with Crippen molar-refractivity contribution in [3.8, 4) is 0 Å². The van der Waals surface area contributed by atoms with Crippen LogP contribution in [0.4, 0.5) is 5.95 Å². The van der Waals surface area contributed by atoms with E-state index in [1.165, 1.54) is 18.3 Å². The third-order valence-corrected chi connectivity index (χ3v) is 4.97. The Hall–Kier alpha value is -4.39. The van der Waals surface area contributed by atoms with E-state index < -0.39 is 41.4 Å². The lowest BCUT2D eigenvalue weighted by Crippen LogP contribution is -2.41. The van der Waals surface area contributed by atoms with Gasteiger partial charge in [0.25, 0.3) is 11.5 Å². The smallest absolute Gasteiger partial charge is 0.326 e. The van der Waals surface area contributed by atoms with Gasteiger partial charge in [0, 0.05) is 12.0 Å². The van der Waals surface area contributed by atoms with Gasteiger partial charge in [-0.25, -0.2) is 14.8 Å². The Morgan fingerprint density at radius 3 is 2.45 bits per heavy atom. The molecule has 0 saturated carbocycles. The van der Waals surface area contributed by atoms with E-state index in [1.54, 1.807) is 19.1 Å². The lowest BCUT2D eigenvalue weighted by atomic mass is 9.89. The van der Waals surface area contributed by atoms with Crippen molar-refractivity contribution < 1.29 is 24.6 Å². The second-order valence-electron chi connectivity index (χ2n) is 7.46. The van der Waals surface area contributed by atoms with Gasteiger partial charge in [0.05, 0.1) is 17.4 Å². The van der Waals surface area contributed by atoms with Crippen LogP contribution in [-0.2, 0) is 15.1 Å². The molecule has 172 valence electrons. The van der Waals surface area contributed by atoms with Gasteiger partial charge in [-0.05, 0) is 31.0 Å². The number of carboxylic acids is 2. The number of aliphatic carboxylic acids is 2. The molecule has 0 radical (unpaired) electrons. The van der Waals surface area contributed by atoms with E-state index in [0.717, 1.165) is 0 Å². The van der Waals surface area contributed by atoms with Gasteiger partial charge in [-0.15, -0.1) is 0 Å². The standard InChI is InChI=1S/C20H21N7O6/c1-20(22,12-8-23-15-14(25-12)17(31)27-19(21)26-15)10-4-2-9(3-5-10)16(30)24-11(18(32)33)6-7-13(28)29/h2-5,8,11H,6-7,22H2,1H3,(H,24,30)(H,28,29)(H,32,33)(H3,21,23,26,27,31). The number of aromatic amines is 1. The Labute approximate surface area is 185 Å². The van der Waals surface area contributed by atoms with Crippen LogP contribution in [0, 0.1) is 0 Å². The molecule has 13 heteroatoms. The van der Waals surface area contributed by atoms with Crippen molar-refractivity contribution in [1.82, 2.24) is 25.3 Å². The predicted molar refractivity (Wildman–Crippen MR) is 115 cm³/mol. The van der Waals surface area contributed by atoms with Gasteiger partial charge in [-0.2, -0.15) is 4.98 Å². The molecule has 3 rings (SSSR count). The van der Waals surface area contributed by atoms with Gasteiger partial charge in [0.1, 0.15) is 6.04 Å². The zero-order chi connectivity index (χ0) is 24.3. The third-order valence-electron chi connectivity index (χ3n) is 4.97. The average Bonchev–Trinajstić information content (AvgIpc) is 2.75. The number of fused-ring (bicyclic) bond motifs is 1. The summed E-state index contributed by atoms with van der Waals surface area (Å²) < 4.78 is 0. The van der Waals surface area contributed by atoms with Crippen LogP contribution in [0.1, 0.15) is 41.4 Å². The Kier molecular flexibility index (Phi) is 6.35. The minimum atomic E-state index is -1.35. The number of H-pyrrole nitrogens is 1. The van der Waals surface area contributed by atoms with Crippen molar-refractivity contribution in [2.24, 2.45) is 5.73 Å². The number of nitrogens with two attached hydrogens (primary N) is 2. The number of carbonyl (C=O) groups is 3. The zero-order valence-corrected chi connectivity index (χ0v) is 17.4. The number of carboxylic acid groups (broad SMARTS) is 2. The predicted octanol–water partition coefficient (Wildman–Crippen LogP) is -0.435. The quantitative estimate of drug-likeness (QED) is 0.255. The summed E-state index contributed by atoms with van der Waals surface area (Å²) in [6.07, 6.45) is 0.712. The molecule has 2 heterocycles. The molecule has 33 heavy (non-hydrogen) atoms. The molecule has 0 spiro atoms. The summed E-state index contributed by atoms with van der Waals surface area (Å²) in [6, 6.07) is 4.64. The lowest BCUT2D eigenvalue weighted by Gasteiger charge is -2.24. The molecule has 13 nitrogen and oxygen atoms in total. The molecule has 8 N–H and O–H groups in total. The molecule has 2 aromatic heterocycles. The molecule has 0 fully saturated rings. The number of aromatic nitrogens is 4. The Bertz CT molecular complexity index is 1290. The van der Waals surface area contributed by atoms with E-state index in [2.05, 4.69) is 25.3 Å². The molecule has 2 unspecified atom stereocenters. The maximum atomic E-state index is 12.4. The number of nitrogens with zero attached hydrogens (tertiary/aromatic N) is 3. The Morgan fingerprint density at radius 1 is 1.18 bits per heavy atom. The normalized spacial score (nSPS) is 13.8. The van der Waals surface area contributed by atoms with Gasteiger partial charge < -0.3 is 27.0 Å². The van der Waals surface area contributed by atoms with Crippen LogP contribution < -0.4 is 22.3 Å². The van der Waals surface area contributed by atoms with E-state index in [0.29, 0.717) is 5.56 Å². The Morgan fingerprint density at radius 2 is 1.85 bits per heavy atom. The van der Waals surface area contributed by atoms with Crippen LogP contribution in [0.5, 0.6) is 0 Å². The van der Waals surface area contributed by atoms with E-state index in [4.69, 9.17) is 16.6 Å². The first-order valence-electron chi connectivity index (χ1n) is 9.67. The molecular weight excluding hydrogens is 434 g/mol. The van der Waals surface area contributed by atoms with Crippen LogP contribution in [0.2, 0.25) is 0 Å². The monoisotopic (exact) mass is 455 g/mol. The van der Waals surface area contributed by atoms with Gasteiger partial charge in [-0.1, -0.05) is 12.1 Å². The average molecular weight is 455 g/mol. The zero-order valence-electron chi connectivity index (χ0n) is 17.4. The largest absolute Gasteiger partial charge is 0.481 e. The fourth-order valence-electron chi connectivity index (χ4n) is 3.07. The number of carbonyl (C=O) groups excluding carboxylic acids is 1. The van der Waals surface area contributed by atoms with Crippen molar-refractivity contribution in [3.63, 3.8) is 0 Å². The highest BCUT2D eigenvalue weighted by Gasteiger charge is 2.28. The number of rotatable bonds is 8. The van der Waals surface area contributed by atoms with E-state index in [1.807, 2.05) is 0 Å². The first kappa shape index (κ1) is 23.3. The van der Waals surface area contributed by atoms with Crippen LogP contribution in [-0.4, -0.2) is 54.0 Å². The van der Waals surface area contributed by atoms with Gasteiger partial charge in [0.2, 0.25) is 5.95 Å². The molecule has 1 amide bonds. The van der Waals surface area contributed by atoms with Crippen LogP contribution >= 0.6 is 0 Å². The summed E-state index contributed by atoms with van der Waals surface area (Å²) in [6.45, 7) is 1.64. The summed E-state index contributed by atoms with van der Waals surface area (Å²) in [5.41, 5.74) is 11.2. The fourth-order valence-corrected chi connectivity index (χ4v) is 3.07. The minimum absolute atomic E-state index is 0.0320. The lowest BCUT2D eigenvalue weighted by molar-refractivity contribution is -0.140. The summed E-state index contributed by atoms with van der Waals surface area (Å²) in [5.74, 6) is -3.28. The van der Waals surface area contributed by atoms with Crippen LogP contribution in [0.25, 0.3) is 11.2 Å². The van der Waals surface area contributed by atoms with Crippen molar-refractivity contribution in [2.45, 2.75) is 31.3 Å².